The lowest BCUT2D eigenvalue weighted by Crippen LogP contribution is -2.43. The predicted octanol–water partition coefficient (Wildman–Crippen LogP) is 3.23. The fraction of sp³-hybridized carbons (Fsp3) is 0.667. The Kier molecular flexibility index (Phi) is 7.25. The van der Waals surface area contributed by atoms with Crippen molar-refractivity contribution in [1.29, 1.82) is 0 Å². The summed E-state index contributed by atoms with van der Waals surface area (Å²) in [6.45, 7) is 8.11. The number of hydrogen-bond donors (Lipinski definition) is 1. The second-order valence-electron chi connectivity index (χ2n) is 7.62. The van der Waals surface area contributed by atoms with E-state index in [0.29, 0.717) is 11.3 Å². The van der Waals surface area contributed by atoms with Crippen LogP contribution in [-0.4, -0.2) is 58.6 Å². The summed E-state index contributed by atoms with van der Waals surface area (Å²) in [5.41, 5.74) is 2.15. The van der Waals surface area contributed by atoms with Crippen LogP contribution in [0.3, 0.4) is 0 Å². The van der Waals surface area contributed by atoms with Gasteiger partial charge in [0.2, 0.25) is 0 Å². The zero-order valence-electron chi connectivity index (χ0n) is 17.4. The lowest BCUT2D eigenvalue weighted by molar-refractivity contribution is 0.0920. The molecule has 1 aromatic carbocycles. The van der Waals surface area contributed by atoms with Crippen LogP contribution in [0.5, 0.6) is 5.75 Å². The molecule has 1 aromatic heterocycles. The van der Waals surface area contributed by atoms with Crippen LogP contribution in [0.15, 0.2) is 12.1 Å². The molecule has 7 heteroatoms. The molecule has 1 saturated heterocycles. The second-order valence-corrected chi connectivity index (χ2v) is 7.62. The van der Waals surface area contributed by atoms with Crippen molar-refractivity contribution in [3.8, 4) is 5.75 Å². The van der Waals surface area contributed by atoms with Crippen molar-refractivity contribution in [3.63, 3.8) is 0 Å². The van der Waals surface area contributed by atoms with E-state index in [0.717, 1.165) is 56.5 Å². The first kappa shape index (κ1) is 20.6. The fourth-order valence-electron chi connectivity index (χ4n) is 3.96. The Morgan fingerprint density at radius 2 is 2.07 bits per heavy atom. The van der Waals surface area contributed by atoms with E-state index in [4.69, 9.17) is 4.74 Å². The maximum absolute atomic E-state index is 13.1. The Hall–Kier alpha value is -2.15. The fourth-order valence-corrected chi connectivity index (χ4v) is 3.96. The van der Waals surface area contributed by atoms with Crippen LogP contribution >= 0.6 is 0 Å². The topological polar surface area (TPSA) is 72.3 Å². The Bertz CT molecular complexity index is 788. The van der Waals surface area contributed by atoms with Gasteiger partial charge in [0.25, 0.3) is 5.91 Å². The lowest BCUT2D eigenvalue weighted by atomic mass is 10.1. The summed E-state index contributed by atoms with van der Waals surface area (Å²) in [5.74, 6) is 0.476. The Labute approximate surface area is 167 Å². The number of amides is 1. The highest BCUT2D eigenvalue weighted by atomic mass is 16.5. The van der Waals surface area contributed by atoms with E-state index < -0.39 is 0 Å². The third kappa shape index (κ3) is 4.82. The highest BCUT2D eigenvalue weighted by Crippen LogP contribution is 2.25. The summed E-state index contributed by atoms with van der Waals surface area (Å²) >= 11 is 0. The monoisotopic (exact) mass is 387 g/mol. The van der Waals surface area contributed by atoms with Gasteiger partial charge in [-0.15, -0.1) is 5.10 Å². The molecule has 0 bridgehead atoms. The van der Waals surface area contributed by atoms with E-state index in [-0.39, 0.29) is 11.9 Å². The number of hydrogen-bond acceptors (Lipinski definition) is 5. The average molecular weight is 388 g/mol. The molecule has 2 aromatic rings. The molecular weight excluding hydrogens is 354 g/mol. The van der Waals surface area contributed by atoms with Crippen molar-refractivity contribution in [2.75, 3.05) is 26.7 Å². The molecule has 1 atom stereocenters. The Morgan fingerprint density at radius 3 is 2.82 bits per heavy atom. The van der Waals surface area contributed by atoms with Crippen LogP contribution in [0.1, 0.15) is 62.7 Å². The highest BCUT2D eigenvalue weighted by molar-refractivity contribution is 6.00. The maximum Gasteiger partial charge on any atom is 0.255 e. The number of aryl methyl sites for hydroxylation is 1. The molecule has 1 N–H and O–H groups in total. The summed E-state index contributed by atoms with van der Waals surface area (Å²) in [7, 11) is 1.60. The minimum Gasteiger partial charge on any atom is -0.496 e. The van der Waals surface area contributed by atoms with E-state index in [1.807, 2.05) is 10.7 Å². The van der Waals surface area contributed by atoms with Gasteiger partial charge in [0.15, 0.2) is 0 Å². The number of likely N-dealkylation sites (N-methyl/N-ethyl adjacent to an activating group) is 1. The molecule has 0 aliphatic carbocycles. The standard InChI is InChI=1S/C21H33N5O2/c1-4-11-26-19-14-20(28-3)17(13-18(19)23-24-26)21(27)22-16-10-8-6-7-9-12-25(5-2)15-16/h13-14,16H,4-12,15H2,1-3H3,(H,22,27). The van der Waals surface area contributed by atoms with Crippen molar-refractivity contribution in [3.05, 3.63) is 17.7 Å². The van der Waals surface area contributed by atoms with Gasteiger partial charge < -0.3 is 15.0 Å². The number of carbonyl (C=O) groups is 1. The number of methoxy groups -OCH3 is 1. The van der Waals surface area contributed by atoms with Crippen LogP contribution in [0.2, 0.25) is 0 Å². The van der Waals surface area contributed by atoms with E-state index in [2.05, 4.69) is 34.4 Å². The molecule has 2 heterocycles. The molecule has 3 rings (SSSR count). The van der Waals surface area contributed by atoms with Crippen LogP contribution in [0, 0.1) is 0 Å². The van der Waals surface area contributed by atoms with Crippen molar-refractivity contribution < 1.29 is 9.53 Å². The zero-order valence-corrected chi connectivity index (χ0v) is 17.4. The van der Waals surface area contributed by atoms with E-state index in [1.54, 1.807) is 13.2 Å². The van der Waals surface area contributed by atoms with Gasteiger partial charge in [0.05, 0.1) is 18.2 Å². The van der Waals surface area contributed by atoms with Crippen molar-refractivity contribution in [2.45, 2.75) is 65.0 Å². The van der Waals surface area contributed by atoms with Crippen LogP contribution < -0.4 is 10.1 Å². The van der Waals surface area contributed by atoms with Crippen LogP contribution in [0.25, 0.3) is 11.0 Å². The number of ether oxygens (including phenoxy) is 1. The smallest absolute Gasteiger partial charge is 0.255 e. The molecule has 154 valence electrons. The van der Waals surface area contributed by atoms with Gasteiger partial charge >= 0.3 is 0 Å². The minimum absolute atomic E-state index is 0.0934. The molecule has 1 amide bonds. The molecule has 0 saturated carbocycles. The second kappa shape index (κ2) is 9.87. The number of benzene rings is 1. The lowest BCUT2D eigenvalue weighted by Gasteiger charge is -2.26. The van der Waals surface area contributed by atoms with Gasteiger partial charge in [-0.05, 0) is 38.4 Å². The highest BCUT2D eigenvalue weighted by Gasteiger charge is 2.21. The van der Waals surface area contributed by atoms with Gasteiger partial charge in [-0.3, -0.25) is 4.79 Å². The number of fused-ring (bicyclic) bond motifs is 1. The van der Waals surface area contributed by atoms with Gasteiger partial charge in [-0.25, -0.2) is 4.68 Å². The van der Waals surface area contributed by atoms with Crippen molar-refractivity contribution in [1.82, 2.24) is 25.2 Å². The molecule has 1 unspecified atom stereocenters. The molecule has 7 nitrogen and oxygen atoms in total. The van der Waals surface area contributed by atoms with E-state index in [9.17, 15) is 4.79 Å². The molecule has 1 aliphatic heterocycles. The first-order valence-electron chi connectivity index (χ1n) is 10.6. The third-order valence-electron chi connectivity index (χ3n) is 5.55. The Balaban J connectivity index is 1.81. The minimum atomic E-state index is -0.0934. The first-order valence-corrected chi connectivity index (χ1v) is 10.6. The van der Waals surface area contributed by atoms with E-state index >= 15 is 0 Å². The normalized spacial score (nSPS) is 19.0. The summed E-state index contributed by atoms with van der Waals surface area (Å²) < 4.78 is 7.39. The molecule has 1 fully saturated rings. The van der Waals surface area contributed by atoms with Crippen molar-refractivity contribution >= 4 is 16.9 Å². The van der Waals surface area contributed by atoms with Crippen LogP contribution in [0.4, 0.5) is 0 Å². The largest absolute Gasteiger partial charge is 0.496 e. The van der Waals surface area contributed by atoms with Crippen LogP contribution in [-0.2, 0) is 6.54 Å². The first-order chi connectivity index (χ1) is 13.7. The molecule has 28 heavy (non-hydrogen) atoms. The average Bonchev–Trinajstić information content (AvgIpc) is 3.14. The SMILES string of the molecule is CCCn1nnc2cc(C(=O)NC3CCCCCCN(CC)C3)c(OC)cc21. The predicted molar refractivity (Wildman–Crippen MR) is 111 cm³/mol. The summed E-state index contributed by atoms with van der Waals surface area (Å²) in [5, 5.41) is 11.7. The zero-order chi connectivity index (χ0) is 19.9. The molecule has 1 aliphatic rings. The quantitative estimate of drug-likeness (QED) is 0.824. The maximum atomic E-state index is 13.1. The van der Waals surface area contributed by atoms with Crippen molar-refractivity contribution in [2.24, 2.45) is 0 Å². The number of nitrogens with zero attached hydrogens (tertiary/aromatic N) is 4. The summed E-state index contributed by atoms with van der Waals surface area (Å²) in [6, 6.07) is 3.83. The number of nitrogens with one attached hydrogen (secondary N) is 1. The molecule has 0 spiro atoms. The van der Waals surface area contributed by atoms with E-state index in [1.165, 1.54) is 19.3 Å². The summed E-state index contributed by atoms with van der Waals surface area (Å²) in [6.07, 6.45) is 6.89. The number of rotatable bonds is 6. The van der Waals surface area contributed by atoms with Gasteiger partial charge in [0, 0.05) is 25.2 Å². The molecular formula is C21H33N5O2. The van der Waals surface area contributed by atoms with Gasteiger partial charge in [-0.2, -0.15) is 0 Å². The number of aromatic nitrogens is 3. The number of carbonyl (C=O) groups excluding carboxylic acids is 1. The Morgan fingerprint density at radius 1 is 1.25 bits per heavy atom. The third-order valence-corrected chi connectivity index (χ3v) is 5.55. The summed E-state index contributed by atoms with van der Waals surface area (Å²) in [4.78, 5) is 15.5. The van der Waals surface area contributed by atoms with Gasteiger partial charge in [-0.1, -0.05) is 38.3 Å². The van der Waals surface area contributed by atoms with Gasteiger partial charge in [0.1, 0.15) is 11.3 Å². The molecule has 0 radical (unpaired) electrons.